The van der Waals surface area contributed by atoms with E-state index in [1.54, 1.807) is 13.8 Å². The van der Waals surface area contributed by atoms with Gasteiger partial charge in [0.05, 0.1) is 12.3 Å². The van der Waals surface area contributed by atoms with Gasteiger partial charge in [-0.05, 0) is 6.92 Å². The number of nitrogens with one attached hydrogen (secondary N) is 1. The van der Waals surface area contributed by atoms with Crippen LogP contribution in [0.2, 0.25) is 0 Å². The molecule has 0 radical (unpaired) electrons. The second-order valence-electron chi connectivity index (χ2n) is 2.50. The maximum atomic E-state index is 11.3. The normalized spacial score (nSPS) is 11.7. The Kier molecular flexibility index (Phi) is 4.94. The lowest BCUT2D eigenvalue weighted by atomic mass is 10.5. The molecule has 13 heavy (non-hydrogen) atoms. The lowest BCUT2D eigenvalue weighted by Crippen LogP contribution is -2.40. The van der Waals surface area contributed by atoms with Gasteiger partial charge >= 0.3 is 0 Å². The number of nitrogens with zero attached hydrogens (tertiary/aromatic N) is 1. The summed E-state index contributed by atoms with van der Waals surface area (Å²) in [5, 5.41) is 2.38. The van der Waals surface area contributed by atoms with Gasteiger partial charge < -0.3 is 5.32 Å². The van der Waals surface area contributed by atoms with Crippen LogP contribution in [0.25, 0.3) is 0 Å². The number of sulfonamides is 1. The predicted molar refractivity (Wildman–Crippen MR) is 50.8 cm³/mol. The van der Waals surface area contributed by atoms with Gasteiger partial charge in [0, 0.05) is 13.6 Å². The summed E-state index contributed by atoms with van der Waals surface area (Å²) in [6.07, 6.45) is 0. The van der Waals surface area contributed by atoms with Crippen molar-refractivity contribution in [2.75, 3.05) is 25.9 Å². The van der Waals surface area contributed by atoms with Crippen LogP contribution < -0.4 is 5.32 Å². The van der Waals surface area contributed by atoms with Crippen molar-refractivity contribution in [3.8, 4) is 0 Å². The van der Waals surface area contributed by atoms with Crippen molar-refractivity contribution in [3.05, 3.63) is 0 Å². The first-order valence-corrected chi connectivity index (χ1v) is 5.77. The smallest absolute Gasteiger partial charge is 0.235 e. The molecule has 0 aromatic rings. The zero-order valence-electron chi connectivity index (χ0n) is 8.20. The molecule has 0 aromatic heterocycles. The molecular formula is C7H16N2O3S. The monoisotopic (exact) mass is 208 g/mol. The Bertz CT molecular complexity index is 261. The summed E-state index contributed by atoms with van der Waals surface area (Å²) in [4.78, 5) is 10.9. The first kappa shape index (κ1) is 12.4. The number of hydrogen-bond donors (Lipinski definition) is 1. The number of amides is 1. The molecular weight excluding hydrogens is 192 g/mol. The highest BCUT2D eigenvalue weighted by Crippen LogP contribution is 1.99. The molecule has 0 fully saturated rings. The van der Waals surface area contributed by atoms with E-state index < -0.39 is 10.0 Å². The van der Waals surface area contributed by atoms with Crippen molar-refractivity contribution in [1.29, 1.82) is 0 Å². The third-order valence-electron chi connectivity index (χ3n) is 1.71. The Labute approximate surface area is 79.2 Å². The minimum atomic E-state index is -3.24. The van der Waals surface area contributed by atoms with E-state index in [2.05, 4.69) is 5.32 Å². The van der Waals surface area contributed by atoms with Crippen LogP contribution in [0.3, 0.4) is 0 Å². The molecule has 6 heteroatoms. The van der Waals surface area contributed by atoms with E-state index in [0.29, 0.717) is 6.54 Å². The number of carbonyl (C=O) groups excluding carboxylic acids is 1. The predicted octanol–water partition coefficient (Wildman–Crippen LogP) is -0.596. The van der Waals surface area contributed by atoms with E-state index in [-0.39, 0.29) is 18.2 Å². The Balaban J connectivity index is 4.44. The first-order valence-electron chi connectivity index (χ1n) is 4.16. The van der Waals surface area contributed by atoms with E-state index in [1.807, 2.05) is 0 Å². The van der Waals surface area contributed by atoms with Crippen molar-refractivity contribution < 1.29 is 13.2 Å². The van der Waals surface area contributed by atoms with Gasteiger partial charge in [0.2, 0.25) is 15.9 Å². The van der Waals surface area contributed by atoms with E-state index in [9.17, 15) is 13.2 Å². The van der Waals surface area contributed by atoms with Crippen molar-refractivity contribution in [3.63, 3.8) is 0 Å². The lowest BCUT2D eigenvalue weighted by molar-refractivity contribution is -0.120. The number of hydrogen-bond acceptors (Lipinski definition) is 3. The zero-order valence-corrected chi connectivity index (χ0v) is 9.02. The molecule has 0 aliphatic rings. The Morgan fingerprint density at radius 1 is 1.38 bits per heavy atom. The highest BCUT2D eigenvalue weighted by atomic mass is 32.2. The van der Waals surface area contributed by atoms with Gasteiger partial charge in [0.15, 0.2) is 0 Å². The molecule has 0 saturated carbocycles. The molecule has 1 N–H and O–H groups in total. The summed E-state index contributed by atoms with van der Waals surface area (Å²) in [6, 6.07) is 0. The van der Waals surface area contributed by atoms with Gasteiger partial charge in [-0.15, -0.1) is 0 Å². The molecule has 78 valence electrons. The summed E-state index contributed by atoms with van der Waals surface area (Å²) in [6.45, 7) is 3.49. The van der Waals surface area contributed by atoms with Crippen LogP contribution in [0.15, 0.2) is 0 Å². The van der Waals surface area contributed by atoms with Gasteiger partial charge in [-0.25, -0.2) is 8.42 Å². The fraction of sp³-hybridized carbons (Fsp3) is 0.857. The summed E-state index contributed by atoms with van der Waals surface area (Å²) < 4.78 is 23.8. The largest absolute Gasteiger partial charge is 0.358 e. The van der Waals surface area contributed by atoms with E-state index in [0.717, 1.165) is 4.31 Å². The van der Waals surface area contributed by atoms with Crippen LogP contribution >= 0.6 is 0 Å². The average molecular weight is 208 g/mol. The number of likely N-dealkylation sites (N-methyl/N-ethyl adjacent to an activating group) is 2. The van der Waals surface area contributed by atoms with Crippen LogP contribution in [0.5, 0.6) is 0 Å². The summed E-state index contributed by atoms with van der Waals surface area (Å²) in [5.74, 6) is -0.267. The molecule has 0 aliphatic carbocycles. The molecule has 1 amide bonds. The number of carbonyl (C=O) groups is 1. The molecule has 0 rings (SSSR count). The minimum Gasteiger partial charge on any atom is -0.358 e. The van der Waals surface area contributed by atoms with Crippen LogP contribution in [-0.2, 0) is 14.8 Å². The van der Waals surface area contributed by atoms with Crippen LogP contribution in [0.1, 0.15) is 13.8 Å². The molecule has 0 atom stereocenters. The van der Waals surface area contributed by atoms with Crippen molar-refractivity contribution in [2.45, 2.75) is 13.8 Å². The van der Waals surface area contributed by atoms with Crippen molar-refractivity contribution in [1.82, 2.24) is 9.62 Å². The van der Waals surface area contributed by atoms with Gasteiger partial charge in [-0.3, -0.25) is 4.79 Å². The van der Waals surface area contributed by atoms with Gasteiger partial charge in [-0.1, -0.05) is 6.92 Å². The summed E-state index contributed by atoms with van der Waals surface area (Å²) in [7, 11) is -1.76. The SMILES string of the molecule is CCN(CC(=O)NC)S(=O)(=O)CC. The highest BCUT2D eigenvalue weighted by molar-refractivity contribution is 7.89. The topological polar surface area (TPSA) is 66.5 Å². The fourth-order valence-corrected chi connectivity index (χ4v) is 1.90. The van der Waals surface area contributed by atoms with Crippen molar-refractivity contribution >= 4 is 15.9 Å². The third-order valence-corrected chi connectivity index (χ3v) is 3.61. The molecule has 5 nitrogen and oxygen atoms in total. The quantitative estimate of drug-likeness (QED) is 0.656. The summed E-state index contributed by atoms with van der Waals surface area (Å²) >= 11 is 0. The van der Waals surface area contributed by atoms with Crippen LogP contribution in [-0.4, -0.2) is 44.5 Å². The van der Waals surface area contributed by atoms with Gasteiger partial charge in [0.1, 0.15) is 0 Å². The Morgan fingerprint density at radius 3 is 2.23 bits per heavy atom. The summed E-state index contributed by atoms with van der Waals surface area (Å²) in [5.41, 5.74) is 0. The van der Waals surface area contributed by atoms with Crippen LogP contribution in [0.4, 0.5) is 0 Å². The molecule has 0 saturated heterocycles. The molecule has 0 aliphatic heterocycles. The van der Waals surface area contributed by atoms with E-state index in [4.69, 9.17) is 0 Å². The lowest BCUT2D eigenvalue weighted by Gasteiger charge is -2.18. The molecule has 0 aromatic carbocycles. The maximum absolute atomic E-state index is 11.3. The minimum absolute atomic E-state index is 0.0256. The van der Waals surface area contributed by atoms with Gasteiger partial charge in [-0.2, -0.15) is 4.31 Å². The van der Waals surface area contributed by atoms with Crippen molar-refractivity contribution in [2.24, 2.45) is 0 Å². The Morgan fingerprint density at radius 2 is 1.92 bits per heavy atom. The third kappa shape index (κ3) is 3.73. The van der Waals surface area contributed by atoms with E-state index >= 15 is 0 Å². The second kappa shape index (κ2) is 5.18. The molecule has 0 spiro atoms. The zero-order chi connectivity index (χ0) is 10.5. The first-order chi connectivity index (χ1) is 5.97. The molecule has 0 heterocycles. The number of rotatable bonds is 5. The van der Waals surface area contributed by atoms with Gasteiger partial charge in [0.25, 0.3) is 0 Å². The standard InChI is InChI=1S/C7H16N2O3S/c1-4-9(6-7(10)8-3)13(11,12)5-2/h4-6H2,1-3H3,(H,8,10). The Hall–Kier alpha value is -0.620. The maximum Gasteiger partial charge on any atom is 0.235 e. The molecule has 0 bridgehead atoms. The fourth-order valence-electron chi connectivity index (χ4n) is 0.829. The highest BCUT2D eigenvalue weighted by Gasteiger charge is 2.19. The van der Waals surface area contributed by atoms with Crippen LogP contribution in [0, 0.1) is 0 Å². The molecule has 0 unspecified atom stereocenters. The second-order valence-corrected chi connectivity index (χ2v) is 4.76. The van der Waals surface area contributed by atoms with E-state index in [1.165, 1.54) is 7.05 Å². The average Bonchev–Trinajstić information content (AvgIpc) is 2.13.